The number of aliphatic carboxylic acids is 1. The minimum Gasteiger partial charge on any atom is -0.481 e. The Bertz CT molecular complexity index is 83.9. The smallest absolute Gasteiger partial charge is 0.300 e. The van der Waals surface area contributed by atoms with Gasteiger partial charge in [-0.3, -0.25) is 8.42 Å². The zero-order chi connectivity index (χ0) is 10.6. The number of carboxylic acid groups (broad SMARTS) is 1. The molecule has 0 spiro atoms. The first-order valence-electron chi connectivity index (χ1n) is 2.85. The van der Waals surface area contributed by atoms with Gasteiger partial charge in [-0.2, -0.15) is 0 Å². The molecule has 1 unspecified atom stereocenters. The molecule has 0 radical (unpaired) electrons. The molecular weight excluding hydrogens is 204 g/mol. The Hall–Kier alpha value is 0.0500. The third-order valence-electron chi connectivity index (χ3n) is 0.264. The Morgan fingerprint density at radius 3 is 1.67 bits per heavy atom. The molecule has 76 valence electrons. The van der Waals surface area contributed by atoms with E-state index in [2.05, 4.69) is 29.4 Å². The van der Waals surface area contributed by atoms with Gasteiger partial charge in [-0.1, -0.05) is 0 Å². The van der Waals surface area contributed by atoms with Crippen LogP contribution in [-0.2, 0) is 8.42 Å². The molecule has 0 aliphatic rings. The average molecular weight is 218 g/mol. The van der Waals surface area contributed by atoms with Crippen LogP contribution < -0.4 is 0 Å². The highest BCUT2D eigenvalue weighted by Gasteiger charge is 1.83. The van der Waals surface area contributed by atoms with E-state index in [1.54, 1.807) is 0 Å². The van der Waals surface area contributed by atoms with Crippen LogP contribution in [0.1, 0.15) is 13.8 Å². The molecule has 0 heterocycles. The Kier molecular flexibility index (Phi) is 25.8. The van der Waals surface area contributed by atoms with E-state index in [4.69, 9.17) is 20.1 Å². The first kappa shape index (κ1) is 18.0. The van der Waals surface area contributed by atoms with E-state index in [1.165, 1.54) is 6.92 Å². The Balaban J connectivity index is -0.000000105. The summed E-state index contributed by atoms with van der Waals surface area (Å²) in [5, 5.41) is 23.4. The predicted octanol–water partition coefficient (Wildman–Crippen LogP) is 0.143. The Morgan fingerprint density at radius 1 is 1.58 bits per heavy atom. The minimum absolute atomic E-state index is 0.139. The van der Waals surface area contributed by atoms with Crippen molar-refractivity contribution in [3.8, 4) is 0 Å². The van der Waals surface area contributed by atoms with Gasteiger partial charge in [0.05, 0.1) is 12.7 Å². The summed E-state index contributed by atoms with van der Waals surface area (Å²) in [6, 6.07) is 0. The van der Waals surface area contributed by atoms with Crippen molar-refractivity contribution in [1.29, 1.82) is 0 Å². The third-order valence-corrected chi connectivity index (χ3v) is 0.264. The standard InChI is InChI=1S/C3H8O2.C2H4O2.H2OS2/c1-3(5)2-4;1-2(3)4;2-1-3/h3-5H,2H2,1H3;1H3,(H,3,4);2-3H. The summed E-state index contributed by atoms with van der Waals surface area (Å²) in [5.41, 5.74) is 0. The summed E-state index contributed by atoms with van der Waals surface area (Å²) in [7, 11) is 0. The SMILES string of the molecule is CC(=O)O.CC(O)CO.SOS. The second-order valence-electron chi connectivity index (χ2n) is 1.63. The van der Waals surface area contributed by atoms with Crippen molar-refractivity contribution in [1.82, 2.24) is 0 Å². The van der Waals surface area contributed by atoms with E-state index in [-0.39, 0.29) is 6.61 Å². The van der Waals surface area contributed by atoms with E-state index in [1.807, 2.05) is 0 Å². The molecule has 0 saturated carbocycles. The highest BCUT2D eigenvalue weighted by Crippen LogP contribution is 1.75. The van der Waals surface area contributed by atoms with E-state index >= 15 is 0 Å². The van der Waals surface area contributed by atoms with Gasteiger partial charge < -0.3 is 15.3 Å². The maximum atomic E-state index is 9.00. The second kappa shape index (κ2) is 17.2. The summed E-state index contributed by atoms with van der Waals surface area (Å²) in [6.07, 6.45) is -0.560. The molecule has 0 aliphatic heterocycles. The van der Waals surface area contributed by atoms with Crippen molar-refractivity contribution in [2.45, 2.75) is 20.0 Å². The van der Waals surface area contributed by atoms with Gasteiger partial charge in [-0.15, -0.1) is 0 Å². The van der Waals surface area contributed by atoms with Crippen LogP contribution in [0.4, 0.5) is 0 Å². The third kappa shape index (κ3) is 196. The van der Waals surface area contributed by atoms with Gasteiger partial charge in [0, 0.05) is 6.92 Å². The van der Waals surface area contributed by atoms with Crippen molar-refractivity contribution in [2.24, 2.45) is 0 Å². The van der Waals surface area contributed by atoms with Gasteiger partial charge in [-0.05, 0) is 32.7 Å². The molecule has 0 aromatic heterocycles. The molecule has 0 amide bonds. The number of hydrogen-bond donors (Lipinski definition) is 5. The number of rotatable bonds is 1. The molecule has 0 saturated heterocycles. The molecule has 0 fully saturated rings. The van der Waals surface area contributed by atoms with E-state index in [0.717, 1.165) is 6.92 Å². The van der Waals surface area contributed by atoms with Gasteiger partial charge in [-0.25, -0.2) is 0 Å². The molecule has 0 aliphatic carbocycles. The summed E-state index contributed by atoms with van der Waals surface area (Å²) in [5.74, 6) is -0.833. The van der Waals surface area contributed by atoms with Gasteiger partial charge in [0.25, 0.3) is 5.97 Å². The summed E-state index contributed by atoms with van der Waals surface area (Å²) in [6.45, 7) is 2.47. The van der Waals surface area contributed by atoms with Gasteiger partial charge in [0.2, 0.25) is 0 Å². The zero-order valence-electron chi connectivity index (χ0n) is 6.84. The number of thiol groups is 2. The molecule has 5 nitrogen and oxygen atoms in total. The molecule has 0 aromatic carbocycles. The Morgan fingerprint density at radius 2 is 1.67 bits per heavy atom. The summed E-state index contributed by atoms with van der Waals surface area (Å²) < 4.78 is 3.64. The number of hydrogen-bond acceptors (Lipinski definition) is 6. The van der Waals surface area contributed by atoms with Crippen LogP contribution in [0.5, 0.6) is 0 Å². The molecule has 12 heavy (non-hydrogen) atoms. The lowest BCUT2D eigenvalue weighted by atomic mass is 10.5. The largest absolute Gasteiger partial charge is 0.481 e. The van der Waals surface area contributed by atoms with Crippen LogP contribution in [0.15, 0.2) is 0 Å². The fourth-order valence-corrected chi connectivity index (χ4v) is 0. The van der Waals surface area contributed by atoms with Crippen molar-refractivity contribution in [2.75, 3.05) is 6.61 Å². The fraction of sp³-hybridized carbons (Fsp3) is 0.800. The molecule has 1 atom stereocenters. The maximum absolute atomic E-state index is 9.00. The first-order valence-corrected chi connectivity index (χ1v) is 3.58. The van der Waals surface area contributed by atoms with Crippen LogP contribution in [0, 0.1) is 0 Å². The zero-order valence-corrected chi connectivity index (χ0v) is 8.63. The van der Waals surface area contributed by atoms with Gasteiger partial charge in [0.15, 0.2) is 0 Å². The highest BCUT2D eigenvalue weighted by atomic mass is 32.2. The van der Waals surface area contributed by atoms with Crippen molar-refractivity contribution < 1.29 is 23.7 Å². The fourth-order valence-electron chi connectivity index (χ4n) is 0. The van der Waals surface area contributed by atoms with Crippen LogP contribution >= 0.6 is 25.8 Å². The number of aliphatic hydroxyl groups excluding tert-OH is 2. The quantitative estimate of drug-likeness (QED) is 0.319. The van der Waals surface area contributed by atoms with E-state index in [0.29, 0.717) is 0 Å². The molecule has 0 aromatic rings. The van der Waals surface area contributed by atoms with Crippen molar-refractivity contribution in [3.05, 3.63) is 0 Å². The number of carbonyl (C=O) groups is 1. The second-order valence-corrected chi connectivity index (χ2v) is 2.29. The van der Waals surface area contributed by atoms with Crippen LogP contribution in [0.25, 0.3) is 0 Å². The van der Waals surface area contributed by atoms with Crippen LogP contribution in [0.3, 0.4) is 0 Å². The van der Waals surface area contributed by atoms with Gasteiger partial charge >= 0.3 is 0 Å². The lowest BCUT2D eigenvalue weighted by molar-refractivity contribution is -0.134. The van der Waals surface area contributed by atoms with Crippen molar-refractivity contribution >= 4 is 31.8 Å². The van der Waals surface area contributed by atoms with E-state index < -0.39 is 12.1 Å². The summed E-state index contributed by atoms with van der Waals surface area (Å²) >= 11 is 6.31. The normalized spacial score (nSPS) is 9.83. The highest BCUT2D eigenvalue weighted by molar-refractivity contribution is 7.89. The molecule has 0 bridgehead atoms. The maximum Gasteiger partial charge on any atom is 0.300 e. The average Bonchev–Trinajstić information content (AvgIpc) is 1.88. The first-order chi connectivity index (χ1) is 5.42. The van der Waals surface area contributed by atoms with Crippen LogP contribution in [0.2, 0.25) is 0 Å². The number of aliphatic hydroxyl groups is 2. The monoisotopic (exact) mass is 218 g/mol. The summed E-state index contributed by atoms with van der Waals surface area (Å²) in [4.78, 5) is 9.00. The van der Waals surface area contributed by atoms with Crippen molar-refractivity contribution in [3.63, 3.8) is 0 Å². The Labute approximate surface area is 82.6 Å². The molecule has 0 rings (SSSR count). The molecule has 7 heteroatoms. The van der Waals surface area contributed by atoms with E-state index in [9.17, 15) is 0 Å². The van der Waals surface area contributed by atoms with Gasteiger partial charge in [0.1, 0.15) is 0 Å². The lowest BCUT2D eigenvalue weighted by Gasteiger charge is -1.90. The minimum atomic E-state index is -0.833. The number of carboxylic acids is 1. The molecule has 3 N–H and O–H groups in total. The topological polar surface area (TPSA) is 87.0 Å². The lowest BCUT2D eigenvalue weighted by Crippen LogP contribution is -2.03. The predicted molar refractivity (Wildman–Crippen MR) is 51.1 cm³/mol. The van der Waals surface area contributed by atoms with Crippen LogP contribution in [-0.4, -0.2) is 34.0 Å². The molecular formula is C5H14O5S2.